The van der Waals surface area contributed by atoms with Crippen molar-refractivity contribution < 1.29 is 19.1 Å². The summed E-state index contributed by atoms with van der Waals surface area (Å²) in [7, 11) is 0. The minimum Gasteiger partial charge on any atom is -0.492 e. The van der Waals surface area contributed by atoms with Crippen LogP contribution < -0.4 is 4.74 Å². The molecule has 2 heterocycles. The van der Waals surface area contributed by atoms with Crippen LogP contribution >= 0.6 is 23.2 Å². The molecule has 3 aromatic carbocycles. The Hall–Kier alpha value is -3.42. The van der Waals surface area contributed by atoms with E-state index in [2.05, 4.69) is 4.90 Å². The molecule has 6 nitrogen and oxygen atoms in total. The lowest BCUT2D eigenvalue weighted by Crippen LogP contribution is -2.41. The lowest BCUT2D eigenvalue weighted by molar-refractivity contribution is -0.113. The molecule has 8 heteroatoms. The molecule has 3 aromatic rings. The summed E-state index contributed by atoms with van der Waals surface area (Å²) in [6.45, 7) is 5.15. The lowest BCUT2D eigenvalue weighted by Gasteiger charge is -2.30. The van der Waals surface area contributed by atoms with Crippen LogP contribution in [0.3, 0.4) is 0 Å². The second kappa shape index (κ2) is 13.3. The first-order chi connectivity index (χ1) is 19.4. The van der Waals surface area contributed by atoms with Crippen molar-refractivity contribution in [2.24, 2.45) is 0 Å². The molecular weight excluding hydrogens is 547 g/mol. The zero-order chi connectivity index (χ0) is 27.9. The standard InChI is InChI=1S/C32H30Cl2N2O4/c33-28-7-1-23(2-8-28)19-26-21-36(22-27(31(26)37)20-24-3-9-29(34)10-4-24)32(38)25-5-11-30(12-6-25)40-18-15-35-13-16-39-17-14-35/h1-12,19-20H,13-18,21-22H2/b26-19-,27-20-. The first-order valence-electron chi connectivity index (χ1n) is 13.2. The van der Waals surface area contributed by atoms with Crippen molar-refractivity contribution in [2.75, 3.05) is 52.5 Å². The van der Waals surface area contributed by atoms with Gasteiger partial charge in [-0.2, -0.15) is 0 Å². The Bertz CT molecular complexity index is 1330. The van der Waals surface area contributed by atoms with Gasteiger partial charge in [0.2, 0.25) is 0 Å². The smallest absolute Gasteiger partial charge is 0.254 e. The van der Waals surface area contributed by atoms with Gasteiger partial charge in [0.25, 0.3) is 5.91 Å². The molecule has 2 aliphatic rings. The summed E-state index contributed by atoms with van der Waals surface area (Å²) in [6.07, 6.45) is 3.64. The largest absolute Gasteiger partial charge is 0.492 e. The number of carbonyl (C=O) groups is 2. The van der Waals surface area contributed by atoms with Crippen molar-refractivity contribution in [3.8, 4) is 5.75 Å². The van der Waals surface area contributed by atoms with Crippen molar-refractivity contribution in [1.82, 2.24) is 9.80 Å². The van der Waals surface area contributed by atoms with E-state index in [-0.39, 0.29) is 24.8 Å². The van der Waals surface area contributed by atoms with Crippen LogP contribution in [0, 0.1) is 0 Å². The molecule has 40 heavy (non-hydrogen) atoms. The molecule has 0 bridgehead atoms. The zero-order valence-electron chi connectivity index (χ0n) is 22.0. The lowest BCUT2D eigenvalue weighted by atomic mass is 9.93. The van der Waals surface area contributed by atoms with E-state index in [4.69, 9.17) is 32.7 Å². The summed E-state index contributed by atoms with van der Waals surface area (Å²) in [5, 5.41) is 1.23. The summed E-state index contributed by atoms with van der Waals surface area (Å²) in [5.74, 6) is 0.472. The van der Waals surface area contributed by atoms with Crippen molar-refractivity contribution in [1.29, 1.82) is 0 Å². The molecule has 2 fully saturated rings. The van der Waals surface area contributed by atoms with Crippen molar-refractivity contribution in [3.63, 3.8) is 0 Å². The number of likely N-dealkylation sites (tertiary alicyclic amines) is 1. The number of piperidine rings is 1. The number of hydrogen-bond donors (Lipinski definition) is 0. The van der Waals surface area contributed by atoms with Gasteiger partial charge in [0, 0.05) is 46.4 Å². The highest BCUT2D eigenvalue weighted by Crippen LogP contribution is 2.25. The van der Waals surface area contributed by atoms with E-state index in [9.17, 15) is 9.59 Å². The van der Waals surface area contributed by atoms with E-state index in [1.165, 1.54) is 0 Å². The van der Waals surface area contributed by atoms with Gasteiger partial charge in [0.05, 0.1) is 26.3 Å². The monoisotopic (exact) mass is 576 g/mol. The fourth-order valence-electron chi connectivity index (χ4n) is 4.70. The molecule has 0 saturated carbocycles. The van der Waals surface area contributed by atoms with Gasteiger partial charge in [-0.05, 0) is 71.8 Å². The first kappa shape index (κ1) is 28.1. The maximum Gasteiger partial charge on any atom is 0.254 e. The maximum absolute atomic E-state index is 13.6. The highest BCUT2D eigenvalue weighted by molar-refractivity contribution is 6.31. The Morgan fingerprint density at radius 1 is 0.800 bits per heavy atom. The molecular formula is C32H30Cl2N2O4. The van der Waals surface area contributed by atoms with Crippen LogP contribution in [0.4, 0.5) is 0 Å². The van der Waals surface area contributed by atoms with Crippen LogP contribution in [-0.2, 0) is 9.53 Å². The Labute approximate surface area is 244 Å². The molecule has 0 radical (unpaired) electrons. The van der Waals surface area contributed by atoms with Crippen LogP contribution in [0.5, 0.6) is 5.75 Å². The van der Waals surface area contributed by atoms with E-state index in [0.29, 0.717) is 39.1 Å². The van der Waals surface area contributed by atoms with Crippen molar-refractivity contribution in [2.45, 2.75) is 0 Å². The number of hydrogen-bond acceptors (Lipinski definition) is 5. The Balaban J connectivity index is 1.32. The average Bonchev–Trinajstić information content (AvgIpc) is 2.98. The SMILES string of the molecule is O=C1/C(=C\c2ccc(Cl)cc2)CN(C(=O)c2ccc(OCCN3CCOCC3)cc2)C/C1=C/c1ccc(Cl)cc1. The van der Waals surface area contributed by atoms with Crippen LogP contribution in [0.25, 0.3) is 12.2 Å². The molecule has 1 amide bonds. The predicted molar refractivity (Wildman–Crippen MR) is 159 cm³/mol. The second-order valence-electron chi connectivity index (χ2n) is 9.76. The number of ketones is 1. The fraction of sp³-hybridized carbons (Fsp3) is 0.250. The molecule has 0 atom stereocenters. The minimum atomic E-state index is -0.156. The highest BCUT2D eigenvalue weighted by atomic mass is 35.5. The molecule has 0 N–H and O–H groups in total. The van der Waals surface area contributed by atoms with E-state index in [1.54, 1.807) is 41.3 Å². The van der Waals surface area contributed by atoms with Gasteiger partial charge >= 0.3 is 0 Å². The predicted octanol–water partition coefficient (Wildman–Crippen LogP) is 5.90. The molecule has 206 valence electrons. The van der Waals surface area contributed by atoms with E-state index >= 15 is 0 Å². The molecule has 0 spiro atoms. The number of amides is 1. The summed E-state index contributed by atoms with van der Waals surface area (Å²) in [6, 6.07) is 21.7. The van der Waals surface area contributed by atoms with Crippen molar-refractivity contribution in [3.05, 3.63) is 111 Å². The maximum atomic E-state index is 13.6. The molecule has 0 unspecified atom stereocenters. The number of carbonyl (C=O) groups excluding carboxylic acids is 2. The molecule has 2 saturated heterocycles. The molecule has 5 rings (SSSR count). The summed E-state index contributed by atoms with van der Waals surface area (Å²) in [5.41, 5.74) is 3.28. The number of Topliss-reactive ketones (excluding diaryl/α,β-unsaturated/α-hetero) is 1. The van der Waals surface area contributed by atoms with E-state index < -0.39 is 0 Å². The van der Waals surface area contributed by atoms with Gasteiger partial charge in [-0.25, -0.2) is 0 Å². The summed E-state index contributed by atoms with van der Waals surface area (Å²) >= 11 is 12.1. The minimum absolute atomic E-state index is 0.0852. The molecule has 0 aliphatic carbocycles. The quantitative estimate of drug-likeness (QED) is 0.328. The normalized spacial score (nSPS) is 18.4. The molecule has 0 aromatic heterocycles. The number of ether oxygens (including phenoxy) is 2. The van der Waals surface area contributed by atoms with Gasteiger partial charge < -0.3 is 14.4 Å². The number of rotatable bonds is 7. The summed E-state index contributed by atoms with van der Waals surface area (Å²) < 4.78 is 11.3. The topological polar surface area (TPSA) is 59.1 Å². The van der Waals surface area contributed by atoms with Gasteiger partial charge in [-0.3, -0.25) is 14.5 Å². The third-order valence-corrected chi connectivity index (χ3v) is 7.40. The van der Waals surface area contributed by atoms with Crippen LogP contribution in [-0.4, -0.2) is 74.0 Å². The van der Waals surface area contributed by atoms with Gasteiger partial charge in [-0.1, -0.05) is 47.5 Å². The fourth-order valence-corrected chi connectivity index (χ4v) is 4.95. The highest BCUT2D eigenvalue weighted by Gasteiger charge is 2.29. The van der Waals surface area contributed by atoms with Gasteiger partial charge in [-0.15, -0.1) is 0 Å². The van der Waals surface area contributed by atoms with Crippen LogP contribution in [0.2, 0.25) is 10.0 Å². The van der Waals surface area contributed by atoms with Crippen molar-refractivity contribution >= 4 is 47.0 Å². The molecule has 2 aliphatic heterocycles. The number of benzene rings is 3. The van der Waals surface area contributed by atoms with Crippen LogP contribution in [0.1, 0.15) is 21.5 Å². The Morgan fingerprint density at radius 2 is 1.32 bits per heavy atom. The van der Waals surface area contributed by atoms with E-state index in [0.717, 1.165) is 44.0 Å². The number of morpholine rings is 1. The average molecular weight is 578 g/mol. The zero-order valence-corrected chi connectivity index (χ0v) is 23.5. The number of nitrogens with zero attached hydrogens (tertiary/aromatic N) is 2. The second-order valence-corrected chi connectivity index (χ2v) is 10.6. The number of halogens is 2. The van der Waals surface area contributed by atoms with E-state index in [1.807, 2.05) is 48.6 Å². The van der Waals surface area contributed by atoms with Gasteiger partial charge in [0.1, 0.15) is 12.4 Å². The van der Waals surface area contributed by atoms with Crippen LogP contribution in [0.15, 0.2) is 83.9 Å². The first-order valence-corrected chi connectivity index (χ1v) is 14.0. The van der Waals surface area contributed by atoms with Gasteiger partial charge in [0.15, 0.2) is 5.78 Å². The Morgan fingerprint density at radius 3 is 1.85 bits per heavy atom. The third kappa shape index (κ3) is 7.40. The third-order valence-electron chi connectivity index (χ3n) is 6.90. The Kier molecular flexibility index (Phi) is 9.34. The summed E-state index contributed by atoms with van der Waals surface area (Å²) in [4.78, 5) is 31.1.